The molecule has 0 aliphatic rings. The van der Waals surface area contributed by atoms with Crippen LogP contribution in [0.15, 0.2) is 22.7 Å². The van der Waals surface area contributed by atoms with Crippen molar-refractivity contribution in [2.24, 2.45) is 0 Å². The van der Waals surface area contributed by atoms with E-state index in [2.05, 4.69) is 48.6 Å². The molecule has 4 nitrogen and oxygen atoms in total. The van der Waals surface area contributed by atoms with Crippen LogP contribution in [0.5, 0.6) is 0 Å². The number of methoxy groups -OCH3 is 1. The van der Waals surface area contributed by atoms with Gasteiger partial charge in [-0.15, -0.1) is 0 Å². The highest BCUT2D eigenvalue weighted by molar-refractivity contribution is 14.1. The van der Waals surface area contributed by atoms with E-state index in [9.17, 15) is 9.59 Å². The topological polar surface area (TPSA) is 55.4 Å². The molecule has 15 heavy (non-hydrogen) atoms. The predicted molar refractivity (Wildman–Crippen MR) is 67.5 cm³/mol. The van der Waals surface area contributed by atoms with E-state index in [1.165, 1.54) is 0 Å². The molecule has 0 radical (unpaired) electrons. The van der Waals surface area contributed by atoms with Gasteiger partial charge in [0, 0.05) is 8.04 Å². The summed E-state index contributed by atoms with van der Waals surface area (Å²) in [6, 6.07) is 5.40. The van der Waals surface area contributed by atoms with Crippen molar-refractivity contribution in [3.63, 3.8) is 0 Å². The van der Waals surface area contributed by atoms with Crippen molar-refractivity contribution in [2.75, 3.05) is 12.4 Å². The van der Waals surface area contributed by atoms with Gasteiger partial charge in [-0.1, -0.05) is 0 Å². The van der Waals surface area contributed by atoms with Gasteiger partial charge in [0.25, 0.3) is 0 Å². The van der Waals surface area contributed by atoms with E-state index >= 15 is 0 Å². The molecule has 0 atom stereocenters. The summed E-state index contributed by atoms with van der Waals surface area (Å²) in [5.74, 6) is -1.71. The number of anilines is 1. The molecule has 0 saturated carbocycles. The van der Waals surface area contributed by atoms with Crippen LogP contribution in [0.3, 0.4) is 0 Å². The lowest BCUT2D eigenvalue weighted by Gasteiger charge is -2.06. The van der Waals surface area contributed by atoms with Crippen molar-refractivity contribution in [3.05, 3.63) is 26.2 Å². The largest absolute Gasteiger partial charge is 0.462 e. The molecule has 0 heterocycles. The molecule has 0 aliphatic heterocycles. The summed E-state index contributed by atoms with van der Waals surface area (Å²) in [6.45, 7) is 0. The first-order valence-electron chi connectivity index (χ1n) is 3.89. The minimum Gasteiger partial charge on any atom is -0.462 e. The second-order valence-corrected chi connectivity index (χ2v) is 4.67. The van der Waals surface area contributed by atoms with Gasteiger partial charge < -0.3 is 10.1 Å². The van der Waals surface area contributed by atoms with E-state index in [-0.39, 0.29) is 0 Å². The first-order valence-corrected chi connectivity index (χ1v) is 5.76. The highest BCUT2D eigenvalue weighted by Crippen LogP contribution is 2.24. The summed E-state index contributed by atoms with van der Waals surface area (Å²) < 4.78 is 5.95. The number of amides is 1. The maximum absolute atomic E-state index is 11.2. The van der Waals surface area contributed by atoms with Crippen molar-refractivity contribution >= 4 is 56.1 Å². The Hall–Kier alpha value is -0.630. The molecule has 6 heteroatoms. The van der Waals surface area contributed by atoms with Gasteiger partial charge in [0.15, 0.2) is 0 Å². The zero-order valence-corrected chi connectivity index (χ0v) is 11.5. The Labute approximate surface area is 109 Å². The summed E-state index contributed by atoms with van der Waals surface area (Å²) in [5.41, 5.74) is 0.539. The van der Waals surface area contributed by atoms with Gasteiger partial charge in [-0.2, -0.15) is 0 Å². The van der Waals surface area contributed by atoms with E-state index < -0.39 is 11.9 Å². The van der Waals surface area contributed by atoms with Crippen LogP contribution < -0.4 is 5.32 Å². The Morgan fingerprint density at radius 1 is 1.47 bits per heavy atom. The molecular weight excluding hydrogens is 377 g/mol. The van der Waals surface area contributed by atoms with Crippen LogP contribution >= 0.6 is 38.5 Å². The number of carbonyl (C=O) groups is 2. The van der Waals surface area contributed by atoms with E-state index in [4.69, 9.17) is 0 Å². The van der Waals surface area contributed by atoms with Crippen LogP contribution in [0, 0.1) is 3.57 Å². The number of ether oxygens (including phenoxy) is 1. The zero-order valence-electron chi connectivity index (χ0n) is 7.71. The van der Waals surface area contributed by atoms with E-state index in [0.29, 0.717) is 10.2 Å². The molecule has 1 aromatic rings. The Kier molecular flexibility index (Phi) is 4.52. The lowest BCUT2D eigenvalue weighted by molar-refractivity contribution is -0.150. The van der Waals surface area contributed by atoms with Gasteiger partial charge in [0.1, 0.15) is 0 Å². The smallest absolute Gasteiger partial charge is 0.396 e. The first kappa shape index (κ1) is 12.4. The molecule has 0 fully saturated rings. The molecule has 0 aromatic heterocycles. The van der Waals surface area contributed by atoms with Crippen molar-refractivity contribution in [3.8, 4) is 0 Å². The summed E-state index contributed by atoms with van der Waals surface area (Å²) in [7, 11) is 1.16. The number of carbonyl (C=O) groups excluding carboxylic acids is 2. The van der Waals surface area contributed by atoms with Gasteiger partial charge in [-0.25, -0.2) is 4.79 Å². The Bertz CT molecular complexity index is 408. The van der Waals surface area contributed by atoms with Crippen molar-refractivity contribution in [1.82, 2.24) is 0 Å². The van der Waals surface area contributed by atoms with Crippen LogP contribution in [-0.4, -0.2) is 19.0 Å². The number of benzene rings is 1. The monoisotopic (exact) mass is 383 g/mol. The number of rotatable bonds is 1. The molecule has 0 aliphatic carbocycles. The van der Waals surface area contributed by atoms with Crippen molar-refractivity contribution < 1.29 is 14.3 Å². The molecule has 80 valence electrons. The van der Waals surface area contributed by atoms with Crippen LogP contribution in [0.4, 0.5) is 5.69 Å². The third-order valence-corrected chi connectivity index (χ3v) is 2.91. The average Bonchev–Trinajstić information content (AvgIpc) is 2.22. The van der Waals surface area contributed by atoms with Crippen LogP contribution in [0.2, 0.25) is 0 Å². The predicted octanol–water partition coefficient (Wildman–Crippen LogP) is 2.17. The number of esters is 1. The third-order valence-electron chi connectivity index (χ3n) is 1.55. The summed E-state index contributed by atoms with van der Waals surface area (Å²) >= 11 is 5.37. The molecule has 1 amide bonds. The lowest BCUT2D eigenvalue weighted by atomic mass is 10.3. The molecule has 0 spiro atoms. The van der Waals surface area contributed by atoms with Crippen molar-refractivity contribution in [1.29, 1.82) is 0 Å². The van der Waals surface area contributed by atoms with Gasteiger partial charge in [-0.05, 0) is 56.7 Å². The van der Waals surface area contributed by atoms with E-state index in [1.54, 1.807) is 12.1 Å². The van der Waals surface area contributed by atoms with Gasteiger partial charge >= 0.3 is 11.9 Å². The highest BCUT2D eigenvalue weighted by Gasteiger charge is 2.14. The summed E-state index contributed by atoms with van der Waals surface area (Å²) in [4.78, 5) is 22.1. The Morgan fingerprint density at radius 3 is 2.73 bits per heavy atom. The molecular formula is C9H7BrINO3. The number of hydrogen-bond acceptors (Lipinski definition) is 3. The number of hydrogen-bond donors (Lipinski definition) is 1. The molecule has 1 aromatic carbocycles. The van der Waals surface area contributed by atoms with Gasteiger partial charge in [0.05, 0.1) is 12.8 Å². The maximum atomic E-state index is 11.2. The average molecular weight is 384 g/mol. The fourth-order valence-electron chi connectivity index (χ4n) is 0.859. The normalized spacial score (nSPS) is 9.53. The van der Waals surface area contributed by atoms with Crippen LogP contribution in [0.25, 0.3) is 0 Å². The molecule has 0 saturated heterocycles. The van der Waals surface area contributed by atoms with Crippen LogP contribution in [-0.2, 0) is 14.3 Å². The van der Waals surface area contributed by atoms with E-state index in [0.717, 1.165) is 10.7 Å². The van der Waals surface area contributed by atoms with Crippen molar-refractivity contribution in [2.45, 2.75) is 0 Å². The second kappa shape index (κ2) is 5.45. The summed E-state index contributed by atoms with van der Waals surface area (Å²) in [6.07, 6.45) is 0. The van der Waals surface area contributed by atoms with Gasteiger partial charge in [-0.3, -0.25) is 4.79 Å². The quantitative estimate of drug-likeness (QED) is 0.459. The van der Waals surface area contributed by atoms with Crippen LogP contribution in [0.1, 0.15) is 0 Å². The van der Waals surface area contributed by atoms with E-state index in [1.807, 2.05) is 6.07 Å². The maximum Gasteiger partial charge on any atom is 0.396 e. The SMILES string of the molecule is COC(=O)C(=O)Nc1cc(I)ccc1Br. The second-order valence-electron chi connectivity index (χ2n) is 2.57. The highest BCUT2D eigenvalue weighted by atomic mass is 127. The fraction of sp³-hybridized carbons (Fsp3) is 0.111. The number of nitrogens with one attached hydrogen (secondary N) is 1. The molecule has 1 rings (SSSR count). The first-order chi connectivity index (χ1) is 7.04. The number of halogens is 2. The third kappa shape index (κ3) is 3.45. The minimum absolute atomic E-state index is 0.539. The molecule has 0 bridgehead atoms. The molecule has 0 unspecified atom stereocenters. The zero-order chi connectivity index (χ0) is 11.4. The standard InChI is InChI=1S/C9H7BrINO3/c1-15-9(14)8(13)12-7-4-5(11)2-3-6(7)10/h2-4H,1H3,(H,12,13). The minimum atomic E-state index is -0.916. The Balaban J connectivity index is 2.85. The summed E-state index contributed by atoms with van der Waals surface area (Å²) in [5, 5.41) is 2.44. The Morgan fingerprint density at radius 2 is 2.13 bits per heavy atom. The van der Waals surface area contributed by atoms with Gasteiger partial charge in [0.2, 0.25) is 0 Å². The lowest BCUT2D eigenvalue weighted by Crippen LogP contribution is -2.24. The fourth-order valence-corrected chi connectivity index (χ4v) is 1.70. The molecule has 1 N–H and O–H groups in total.